The van der Waals surface area contributed by atoms with E-state index >= 15 is 0 Å². The fraction of sp³-hybridized carbons (Fsp3) is 0.125. The molecule has 0 fully saturated rings. The first kappa shape index (κ1) is 10.8. The van der Waals surface area contributed by atoms with Gasteiger partial charge in [0, 0.05) is 7.05 Å². The number of carbonyl (C=O) groups is 2. The number of H-pyrrole nitrogens is 1. The molecule has 0 saturated heterocycles. The summed E-state index contributed by atoms with van der Waals surface area (Å²) >= 11 is 0. The summed E-state index contributed by atoms with van der Waals surface area (Å²) in [7, 11) is 1.59. The number of carboxylic acid groups (broad SMARTS) is 1. The first-order valence-electron chi connectivity index (χ1n) is 4.51. The molecule has 9 nitrogen and oxygen atoms in total. The van der Waals surface area contributed by atoms with Crippen LogP contribution in [0.1, 0.15) is 21.0 Å². The van der Waals surface area contributed by atoms with E-state index in [0.717, 1.165) is 6.33 Å². The van der Waals surface area contributed by atoms with Crippen molar-refractivity contribution in [3.8, 4) is 0 Å². The minimum Gasteiger partial charge on any atom is -0.477 e. The van der Waals surface area contributed by atoms with Crippen molar-refractivity contribution >= 4 is 17.8 Å². The topological polar surface area (TPSA) is 126 Å². The van der Waals surface area contributed by atoms with Gasteiger partial charge in [-0.1, -0.05) is 0 Å². The Balaban J connectivity index is 2.23. The Kier molecular flexibility index (Phi) is 2.57. The van der Waals surface area contributed by atoms with E-state index in [1.807, 2.05) is 0 Å². The predicted molar refractivity (Wildman–Crippen MR) is 54.5 cm³/mol. The number of nitrogens with zero attached hydrogens (tertiary/aromatic N) is 4. The van der Waals surface area contributed by atoms with Gasteiger partial charge < -0.3 is 10.1 Å². The van der Waals surface area contributed by atoms with Crippen LogP contribution in [0.15, 0.2) is 12.7 Å². The number of hydrogen-bond acceptors (Lipinski definition) is 5. The van der Waals surface area contributed by atoms with Crippen molar-refractivity contribution < 1.29 is 14.7 Å². The van der Waals surface area contributed by atoms with Crippen LogP contribution in [0.5, 0.6) is 0 Å². The number of aromatic carboxylic acids is 1. The van der Waals surface area contributed by atoms with E-state index in [9.17, 15) is 9.59 Å². The molecular formula is C8H8N6O3. The van der Waals surface area contributed by atoms with Gasteiger partial charge in [-0.15, -0.1) is 0 Å². The SMILES string of the molecule is Cn1ncnc1NC(=O)c1nc[nH]c1C(=O)O. The smallest absolute Gasteiger partial charge is 0.354 e. The summed E-state index contributed by atoms with van der Waals surface area (Å²) in [6.45, 7) is 0. The van der Waals surface area contributed by atoms with Gasteiger partial charge in [-0.05, 0) is 0 Å². The minimum absolute atomic E-state index is 0.203. The monoisotopic (exact) mass is 236 g/mol. The van der Waals surface area contributed by atoms with Crippen LogP contribution >= 0.6 is 0 Å². The highest BCUT2D eigenvalue weighted by Gasteiger charge is 2.20. The molecule has 0 aliphatic rings. The Morgan fingerprint density at radius 3 is 2.82 bits per heavy atom. The number of aryl methyl sites for hydroxylation is 1. The number of anilines is 1. The molecule has 17 heavy (non-hydrogen) atoms. The molecule has 2 aromatic rings. The number of carboxylic acids is 1. The lowest BCUT2D eigenvalue weighted by Gasteiger charge is -2.01. The minimum atomic E-state index is -1.26. The van der Waals surface area contributed by atoms with Crippen molar-refractivity contribution in [2.24, 2.45) is 7.05 Å². The van der Waals surface area contributed by atoms with E-state index in [1.165, 1.54) is 11.0 Å². The third-order valence-corrected chi connectivity index (χ3v) is 2.01. The average molecular weight is 236 g/mol. The zero-order valence-corrected chi connectivity index (χ0v) is 8.71. The molecule has 0 radical (unpaired) electrons. The van der Waals surface area contributed by atoms with E-state index in [1.54, 1.807) is 7.05 Å². The standard InChI is InChI=1S/C8H8N6O3/c1-14-8(11-3-12-14)13-6(15)4-5(7(16)17)10-2-9-4/h2-3H,1H3,(H,9,10)(H,16,17)(H,11,12,13,15). The van der Waals surface area contributed by atoms with Crippen LogP contribution in [-0.2, 0) is 7.05 Å². The summed E-state index contributed by atoms with van der Waals surface area (Å²) in [5, 5.41) is 14.9. The molecule has 2 heterocycles. The van der Waals surface area contributed by atoms with Crippen LogP contribution in [0, 0.1) is 0 Å². The number of aromatic amines is 1. The number of imidazole rings is 1. The van der Waals surface area contributed by atoms with Crippen LogP contribution in [-0.4, -0.2) is 41.7 Å². The van der Waals surface area contributed by atoms with E-state index in [-0.39, 0.29) is 17.3 Å². The third kappa shape index (κ3) is 1.97. The molecule has 2 rings (SSSR count). The Morgan fingerprint density at radius 1 is 1.47 bits per heavy atom. The van der Waals surface area contributed by atoms with E-state index in [4.69, 9.17) is 5.11 Å². The first-order valence-corrected chi connectivity index (χ1v) is 4.51. The highest BCUT2D eigenvalue weighted by Crippen LogP contribution is 2.06. The van der Waals surface area contributed by atoms with E-state index < -0.39 is 11.9 Å². The molecular weight excluding hydrogens is 228 g/mol. The second-order valence-corrected chi connectivity index (χ2v) is 3.09. The van der Waals surface area contributed by atoms with Crippen molar-refractivity contribution in [1.82, 2.24) is 24.7 Å². The van der Waals surface area contributed by atoms with Crippen LogP contribution in [0.3, 0.4) is 0 Å². The van der Waals surface area contributed by atoms with Crippen LogP contribution in [0.25, 0.3) is 0 Å². The summed E-state index contributed by atoms with van der Waals surface area (Å²) in [5.41, 5.74) is -0.481. The molecule has 88 valence electrons. The van der Waals surface area contributed by atoms with Gasteiger partial charge in [0.1, 0.15) is 6.33 Å². The largest absolute Gasteiger partial charge is 0.477 e. The lowest BCUT2D eigenvalue weighted by Crippen LogP contribution is -2.18. The fourth-order valence-electron chi connectivity index (χ4n) is 1.20. The fourth-order valence-corrected chi connectivity index (χ4v) is 1.20. The Morgan fingerprint density at radius 2 is 2.24 bits per heavy atom. The molecule has 2 aromatic heterocycles. The average Bonchev–Trinajstić information content (AvgIpc) is 2.87. The van der Waals surface area contributed by atoms with Crippen LogP contribution in [0.2, 0.25) is 0 Å². The van der Waals surface area contributed by atoms with Gasteiger partial charge in [0.2, 0.25) is 5.95 Å². The van der Waals surface area contributed by atoms with Crippen molar-refractivity contribution in [2.75, 3.05) is 5.32 Å². The zero-order chi connectivity index (χ0) is 12.4. The van der Waals surface area contributed by atoms with Gasteiger partial charge in [0.25, 0.3) is 5.91 Å². The van der Waals surface area contributed by atoms with E-state index in [0.29, 0.717) is 0 Å². The second kappa shape index (κ2) is 4.04. The maximum Gasteiger partial charge on any atom is 0.354 e. The van der Waals surface area contributed by atoms with Crippen molar-refractivity contribution in [3.05, 3.63) is 24.0 Å². The first-order chi connectivity index (χ1) is 8.09. The van der Waals surface area contributed by atoms with Gasteiger partial charge in [-0.2, -0.15) is 10.1 Å². The number of nitrogens with one attached hydrogen (secondary N) is 2. The van der Waals surface area contributed by atoms with Gasteiger partial charge >= 0.3 is 5.97 Å². The number of hydrogen-bond donors (Lipinski definition) is 3. The van der Waals surface area contributed by atoms with Crippen LogP contribution in [0.4, 0.5) is 5.95 Å². The second-order valence-electron chi connectivity index (χ2n) is 3.09. The number of rotatable bonds is 3. The molecule has 0 atom stereocenters. The maximum atomic E-state index is 11.7. The summed E-state index contributed by atoms with van der Waals surface area (Å²) in [4.78, 5) is 32.3. The van der Waals surface area contributed by atoms with Gasteiger partial charge in [-0.25, -0.2) is 14.5 Å². The van der Waals surface area contributed by atoms with Gasteiger partial charge in [0.05, 0.1) is 6.33 Å². The summed E-state index contributed by atoms with van der Waals surface area (Å²) in [6, 6.07) is 0. The highest BCUT2D eigenvalue weighted by atomic mass is 16.4. The van der Waals surface area contributed by atoms with Crippen molar-refractivity contribution in [1.29, 1.82) is 0 Å². The van der Waals surface area contributed by atoms with Crippen molar-refractivity contribution in [2.45, 2.75) is 0 Å². The predicted octanol–water partition coefficient (Wildman–Crippen LogP) is -0.511. The molecule has 0 bridgehead atoms. The Labute approximate surface area is 94.5 Å². The molecule has 9 heteroatoms. The quantitative estimate of drug-likeness (QED) is 0.658. The third-order valence-electron chi connectivity index (χ3n) is 2.01. The summed E-state index contributed by atoms with van der Waals surface area (Å²) in [5.74, 6) is -1.72. The molecule has 1 amide bonds. The Bertz CT molecular complexity index is 571. The molecule has 0 aliphatic heterocycles. The maximum absolute atomic E-state index is 11.7. The Hall–Kier alpha value is -2.71. The lowest BCUT2D eigenvalue weighted by atomic mass is 10.3. The molecule has 0 spiro atoms. The van der Waals surface area contributed by atoms with Crippen LogP contribution < -0.4 is 5.32 Å². The van der Waals surface area contributed by atoms with E-state index in [2.05, 4.69) is 25.4 Å². The van der Waals surface area contributed by atoms with Gasteiger partial charge in [-0.3, -0.25) is 10.1 Å². The molecule has 0 saturated carbocycles. The number of carbonyl (C=O) groups excluding carboxylic acids is 1. The number of aromatic nitrogens is 5. The molecule has 0 aromatic carbocycles. The summed E-state index contributed by atoms with van der Waals surface area (Å²) in [6.07, 6.45) is 2.40. The number of amides is 1. The van der Waals surface area contributed by atoms with Gasteiger partial charge in [0.15, 0.2) is 11.4 Å². The van der Waals surface area contributed by atoms with Crippen molar-refractivity contribution in [3.63, 3.8) is 0 Å². The molecule has 0 aliphatic carbocycles. The zero-order valence-electron chi connectivity index (χ0n) is 8.71. The lowest BCUT2D eigenvalue weighted by molar-refractivity contribution is 0.0686. The normalized spacial score (nSPS) is 10.2. The molecule has 0 unspecified atom stereocenters. The molecule has 3 N–H and O–H groups in total. The summed E-state index contributed by atoms with van der Waals surface area (Å²) < 4.78 is 1.34. The highest BCUT2D eigenvalue weighted by molar-refractivity contribution is 6.07.